The zero-order valence-electron chi connectivity index (χ0n) is 19.9. The maximum atomic E-state index is 5.01. The number of rotatable bonds is 4. The van der Waals surface area contributed by atoms with Crippen LogP contribution in [0.1, 0.15) is 0 Å². The van der Waals surface area contributed by atoms with Gasteiger partial charge in [-0.2, -0.15) is 0 Å². The monoisotopic (exact) mass is 589 g/mol. The van der Waals surface area contributed by atoms with Crippen molar-refractivity contribution in [2.24, 2.45) is 0 Å². The van der Waals surface area contributed by atoms with Gasteiger partial charge in [0.1, 0.15) is 0 Å². The van der Waals surface area contributed by atoms with E-state index >= 15 is 0 Å². The molecule has 0 fully saturated rings. The molecule has 0 saturated carbocycles. The molecule has 0 N–H and O–H groups in total. The molecule has 2 aromatic heterocycles. The normalized spacial score (nSPS) is 11.2. The Labute approximate surface area is 224 Å². The Kier molecular flexibility index (Phi) is 5.63. The molecule has 0 aliphatic rings. The van der Waals surface area contributed by atoms with Gasteiger partial charge in [0, 0.05) is 0 Å². The Balaban J connectivity index is 1.48. The Morgan fingerprint density at radius 3 is 1.59 bits per heavy atom. The summed E-state index contributed by atoms with van der Waals surface area (Å²) in [5, 5.41) is 2.76. The van der Waals surface area contributed by atoms with Crippen molar-refractivity contribution in [2.75, 3.05) is 0 Å². The number of hydrogen-bond donors (Lipinski definition) is 0. The van der Waals surface area contributed by atoms with Crippen molar-refractivity contribution < 1.29 is 0 Å². The van der Waals surface area contributed by atoms with E-state index in [-0.39, 0.29) is 0 Å². The standard InChI is InChI=1S/C33H21N3Te/c1-3-12-22(13-4-1)31-34-32(23-14-5-2-6-15-23)36-33(35-31)28-18-8-7-16-24(28)26-19-11-20-27-25-17-9-10-21-29(25)37-30(26)27/h1-21H. The van der Waals surface area contributed by atoms with E-state index in [1.54, 1.807) is 0 Å². The van der Waals surface area contributed by atoms with E-state index in [0.717, 1.165) is 16.7 Å². The molecule has 3 nitrogen and oxygen atoms in total. The molecule has 4 heteroatoms. The Hall–Kier alpha value is -4.10. The molecule has 0 amide bonds. The summed E-state index contributed by atoms with van der Waals surface area (Å²) >= 11 is -0.484. The minimum atomic E-state index is -0.484. The summed E-state index contributed by atoms with van der Waals surface area (Å²) in [7, 11) is 0. The van der Waals surface area contributed by atoms with E-state index in [4.69, 9.17) is 15.0 Å². The van der Waals surface area contributed by atoms with Gasteiger partial charge in [-0.1, -0.05) is 0 Å². The molecule has 37 heavy (non-hydrogen) atoms. The van der Waals surface area contributed by atoms with Crippen molar-refractivity contribution >= 4 is 38.0 Å². The average Bonchev–Trinajstić information content (AvgIpc) is 3.37. The van der Waals surface area contributed by atoms with E-state index in [0.29, 0.717) is 17.5 Å². The number of fused-ring (bicyclic) bond motifs is 3. The summed E-state index contributed by atoms with van der Waals surface area (Å²) in [5.41, 5.74) is 5.43. The van der Waals surface area contributed by atoms with E-state index in [1.165, 1.54) is 28.7 Å². The van der Waals surface area contributed by atoms with Gasteiger partial charge in [0.2, 0.25) is 0 Å². The molecule has 0 bridgehead atoms. The second-order valence-corrected chi connectivity index (χ2v) is 11.9. The quantitative estimate of drug-likeness (QED) is 0.197. The Morgan fingerprint density at radius 2 is 0.892 bits per heavy atom. The molecular weight excluding hydrogens is 566 g/mol. The molecule has 0 aliphatic heterocycles. The molecule has 174 valence electrons. The van der Waals surface area contributed by atoms with Gasteiger partial charge in [0.05, 0.1) is 0 Å². The molecule has 0 radical (unpaired) electrons. The van der Waals surface area contributed by atoms with Crippen molar-refractivity contribution in [3.63, 3.8) is 0 Å². The second-order valence-electron chi connectivity index (χ2n) is 8.86. The molecule has 0 unspecified atom stereocenters. The summed E-state index contributed by atoms with van der Waals surface area (Å²) in [4.78, 5) is 14.9. The van der Waals surface area contributed by atoms with Gasteiger partial charge in [0.25, 0.3) is 0 Å². The fourth-order valence-electron chi connectivity index (χ4n) is 4.80. The molecule has 0 atom stereocenters. The zero-order chi connectivity index (χ0) is 24.6. The average molecular weight is 587 g/mol. The predicted octanol–water partition coefficient (Wildman–Crippen LogP) is 7.90. The third kappa shape index (κ3) is 4.05. The first-order chi connectivity index (χ1) is 18.3. The first-order valence-electron chi connectivity index (χ1n) is 12.2. The van der Waals surface area contributed by atoms with E-state index in [1.807, 2.05) is 60.7 Å². The van der Waals surface area contributed by atoms with E-state index in [9.17, 15) is 0 Å². The number of benzene rings is 5. The topological polar surface area (TPSA) is 38.7 Å². The maximum absolute atomic E-state index is 5.01. The van der Waals surface area contributed by atoms with Crippen LogP contribution in [-0.4, -0.2) is 35.4 Å². The van der Waals surface area contributed by atoms with Gasteiger partial charge >= 0.3 is 226 Å². The van der Waals surface area contributed by atoms with Crippen LogP contribution in [0.4, 0.5) is 0 Å². The van der Waals surface area contributed by atoms with Crippen LogP contribution in [0.15, 0.2) is 127 Å². The first-order valence-corrected chi connectivity index (χ1v) is 14.6. The van der Waals surface area contributed by atoms with Crippen LogP contribution in [0, 0.1) is 0 Å². The van der Waals surface area contributed by atoms with Gasteiger partial charge in [-0.3, -0.25) is 0 Å². The van der Waals surface area contributed by atoms with Crippen molar-refractivity contribution in [2.45, 2.75) is 0 Å². The molecule has 7 rings (SSSR count). The summed E-state index contributed by atoms with van der Waals surface area (Å²) in [6.07, 6.45) is 0. The third-order valence-electron chi connectivity index (χ3n) is 6.56. The van der Waals surface area contributed by atoms with Gasteiger partial charge in [0.15, 0.2) is 0 Å². The van der Waals surface area contributed by atoms with Crippen molar-refractivity contribution in [3.05, 3.63) is 127 Å². The summed E-state index contributed by atoms with van der Waals surface area (Å²) in [6, 6.07) is 44.3. The van der Waals surface area contributed by atoms with Crippen LogP contribution in [0.5, 0.6) is 0 Å². The van der Waals surface area contributed by atoms with Crippen LogP contribution >= 0.6 is 0 Å². The fraction of sp³-hybridized carbons (Fsp3) is 0. The van der Waals surface area contributed by atoms with Gasteiger partial charge < -0.3 is 0 Å². The third-order valence-corrected chi connectivity index (χ3v) is 10.0. The molecule has 7 aromatic rings. The minimum absolute atomic E-state index is 0.484. The zero-order valence-corrected chi connectivity index (χ0v) is 22.2. The van der Waals surface area contributed by atoms with Crippen LogP contribution in [0.3, 0.4) is 0 Å². The van der Waals surface area contributed by atoms with Gasteiger partial charge in [-0.05, 0) is 0 Å². The second kappa shape index (κ2) is 9.41. The molecule has 0 aliphatic carbocycles. The number of aromatic nitrogens is 3. The van der Waals surface area contributed by atoms with E-state index < -0.39 is 20.4 Å². The molecular formula is C33H21N3Te. The fourth-order valence-corrected chi connectivity index (χ4v) is 8.31. The van der Waals surface area contributed by atoms with Crippen molar-refractivity contribution in [1.29, 1.82) is 0 Å². The molecule has 2 heterocycles. The summed E-state index contributed by atoms with van der Waals surface area (Å²) in [6.45, 7) is 0. The van der Waals surface area contributed by atoms with Crippen LogP contribution in [0.2, 0.25) is 0 Å². The van der Waals surface area contributed by atoms with E-state index in [2.05, 4.69) is 66.7 Å². The van der Waals surface area contributed by atoms with Gasteiger partial charge in [-0.25, -0.2) is 0 Å². The molecule has 0 saturated heterocycles. The van der Waals surface area contributed by atoms with Crippen LogP contribution < -0.4 is 0 Å². The SMILES string of the molecule is c1ccc(-c2nc(-c3ccccc3)nc(-c3ccccc3-c3cccc4c3[te]c3ccccc34)n2)cc1. The molecule has 5 aromatic carbocycles. The Morgan fingerprint density at radius 1 is 0.378 bits per heavy atom. The van der Waals surface area contributed by atoms with Crippen molar-refractivity contribution in [1.82, 2.24) is 15.0 Å². The van der Waals surface area contributed by atoms with Crippen LogP contribution in [0.25, 0.3) is 62.9 Å². The van der Waals surface area contributed by atoms with Crippen LogP contribution in [-0.2, 0) is 0 Å². The molecule has 0 spiro atoms. The van der Waals surface area contributed by atoms with Crippen molar-refractivity contribution in [3.8, 4) is 45.3 Å². The summed E-state index contributed by atoms with van der Waals surface area (Å²) < 4.78 is 2.99. The number of nitrogens with zero attached hydrogens (tertiary/aromatic N) is 3. The predicted molar refractivity (Wildman–Crippen MR) is 154 cm³/mol. The van der Waals surface area contributed by atoms with Gasteiger partial charge in [-0.15, -0.1) is 0 Å². The summed E-state index contributed by atoms with van der Waals surface area (Å²) in [5.74, 6) is 2.05. The number of hydrogen-bond acceptors (Lipinski definition) is 3. The Bertz CT molecular complexity index is 1820. The first kappa shape index (κ1) is 22.1.